The molecule has 41 heavy (non-hydrogen) atoms. The number of aliphatic hydroxyl groups excluding tert-OH is 1. The lowest BCUT2D eigenvalue weighted by Gasteiger charge is -2.38. The number of nitrogens with zero attached hydrogens (tertiary/aromatic N) is 1. The quantitative estimate of drug-likeness (QED) is 0.394. The summed E-state index contributed by atoms with van der Waals surface area (Å²) in [6.07, 6.45) is 6.19. The number of amides is 3. The molecule has 3 saturated heterocycles. The van der Waals surface area contributed by atoms with Gasteiger partial charge in [-0.05, 0) is 75.6 Å². The Balaban J connectivity index is 1.50. The number of anilines is 1. The number of rotatable bonds is 10. The normalized spacial score (nSPS) is 33.6. The molecule has 9 nitrogen and oxygen atoms in total. The van der Waals surface area contributed by atoms with E-state index in [-0.39, 0.29) is 42.2 Å². The van der Waals surface area contributed by atoms with Gasteiger partial charge in [-0.25, -0.2) is 0 Å². The molecule has 9 heteroatoms. The van der Waals surface area contributed by atoms with E-state index in [1.807, 2.05) is 34.6 Å². The molecule has 4 aliphatic rings. The first-order valence-corrected chi connectivity index (χ1v) is 15.5. The molecule has 1 aromatic rings. The number of nitrogens with one attached hydrogen (secondary N) is 2. The summed E-state index contributed by atoms with van der Waals surface area (Å²) in [6, 6.07) is 5.79. The Morgan fingerprint density at radius 3 is 2.44 bits per heavy atom. The van der Waals surface area contributed by atoms with Crippen molar-refractivity contribution in [2.75, 3.05) is 18.5 Å². The van der Waals surface area contributed by atoms with Gasteiger partial charge in [-0.1, -0.05) is 40.0 Å². The lowest BCUT2D eigenvalue weighted by atomic mass is 9.62. The van der Waals surface area contributed by atoms with E-state index in [1.165, 1.54) is 0 Å². The van der Waals surface area contributed by atoms with Crippen LogP contribution in [0, 0.1) is 23.7 Å². The smallest absolute Gasteiger partial charge is 0.246 e. The van der Waals surface area contributed by atoms with Gasteiger partial charge < -0.3 is 30.1 Å². The Morgan fingerprint density at radius 1 is 1.15 bits per heavy atom. The van der Waals surface area contributed by atoms with Gasteiger partial charge in [0.1, 0.15) is 17.4 Å². The van der Waals surface area contributed by atoms with Gasteiger partial charge in [0.15, 0.2) is 0 Å². The lowest BCUT2D eigenvalue weighted by molar-refractivity contribution is -0.150. The van der Waals surface area contributed by atoms with Crippen LogP contribution in [-0.2, 0) is 19.1 Å². The Kier molecular flexibility index (Phi) is 8.41. The average Bonchev–Trinajstić information content (AvgIpc) is 3.45. The lowest BCUT2D eigenvalue weighted by Crippen LogP contribution is -2.59. The molecule has 4 fully saturated rings. The summed E-state index contributed by atoms with van der Waals surface area (Å²) < 4.78 is 12.4. The predicted molar refractivity (Wildman–Crippen MR) is 155 cm³/mol. The molecule has 1 aromatic carbocycles. The molecule has 0 aromatic heterocycles. The SMILES string of the molecule is CCOc1ccc(NC(=O)[C@@H]2[C@H]3C(=O)N([C@@H](CO)CC(C)C)C(C(=O)NC4CCCCC4)C34CC(C)[C@@]2(C)O4)cc1. The number of likely N-dealkylation sites (tertiary alicyclic amines) is 1. The summed E-state index contributed by atoms with van der Waals surface area (Å²) in [5, 5.41) is 16.8. The van der Waals surface area contributed by atoms with E-state index < -0.39 is 35.1 Å². The van der Waals surface area contributed by atoms with Crippen molar-refractivity contribution < 1.29 is 29.0 Å². The molecule has 5 rings (SSSR count). The van der Waals surface area contributed by atoms with Crippen molar-refractivity contribution in [3.05, 3.63) is 24.3 Å². The van der Waals surface area contributed by atoms with E-state index in [9.17, 15) is 19.5 Å². The molecule has 1 saturated carbocycles. The second-order valence-corrected chi connectivity index (χ2v) is 13.2. The third-order valence-electron chi connectivity index (χ3n) is 10.0. The van der Waals surface area contributed by atoms with Gasteiger partial charge in [-0.3, -0.25) is 14.4 Å². The minimum atomic E-state index is -1.13. The van der Waals surface area contributed by atoms with E-state index >= 15 is 0 Å². The topological polar surface area (TPSA) is 117 Å². The minimum absolute atomic E-state index is 0.0507. The summed E-state index contributed by atoms with van der Waals surface area (Å²) >= 11 is 0. The summed E-state index contributed by atoms with van der Waals surface area (Å²) in [4.78, 5) is 44.3. The van der Waals surface area contributed by atoms with Crippen LogP contribution >= 0.6 is 0 Å². The Hall–Kier alpha value is -2.65. The standard InChI is InChI=1S/C32H47N3O6/c1-6-40-24-14-12-22(13-15-24)33-28(37)25-26-30(39)35(23(18-36)16-19(2)3)27(29(38)34-21-10-8-7-9-11-21)32(26)17-20(4)31(25,5)41-32/h12-15,19-21,23,25-27,36H,6-11,16-18H2,1-5H3,(H,33,37)(H,34,38)/t20?,23-,25+,26+,27?,31-,32?/m1/s1. The fourth-order valence-electron chi connectivity index (χ4n) is 8.14. The Labute approximate surface area is 243 Å². The molecule has 3 heterocycles. The fourth-order valence-corrected chi connectivity index (χ4v) is 8.14. The third-order valence-corrected chi connectivity index (χ3v) is 10.0. The first-order valence-electron chi connectivity index (χ1n) is 15.5. The van der Waals surface area contributed by atoms with Gasteiger partial charge in [0.25, 0.3) is 0 Å². The van der Waals surface area contributed by atoms with Crippen LogP contribution in [0.4, 0.5) is 5.69 Å². The largest absolute Gasteiger partial charge is 0.494 e. The Bertz CT molecular complexity index is 1130. The maximum Gasteiger partial charge on any atom is 0.246 e. The second-order valence-electron chi connectivity index (χ2n) is 13.2. The van der Waals surface area contributed by atoms with Crippen LogP contribution in [0.15, 0.2) is 24.3 Å². The highest BCUT2D eigenvalue weighted by Crippen LogP contribution is 2.65. The number of aliphatic hydroxyl groups is 1. The van der Waals surface area contributed by atoms with E-state index in [0.29, 0.717) is 30.9 Å². The number of hydrogen-bond donors (Lipinski definition) is 3. The summed E-state index contributed by atoms with van der Waals surface area (Å²) in [5.41, 5.74) is -1.43. The van der Waals surface area contributed by atoms with Crippen LogP contribution in [-0.4, -0.2) is 70.3 Å². The number of benzene rings is 1. The maximum absolute atomic E-state index is 14.5. The predicted octanol–water partition coefficient (Wildman–Crippen LogP) is 3.89. The average molecular weight is 570 g/mol. The van der Waals surface area contributed by atoms with Crippen LogP contribution in [0.2, 0.25) is 0 Å². The van der Waals surface area contributed by atoms with Crippen molar-refractivity contribution >= 4 is 23.4 Å². The van der Waals surface area contributed by atoms with Gasteiger partial charge in [-0.2, -0.15) is 0 Å². The van der Waals surface area contributed by atoms with Crippen molar-refractivity contribution in [3.8, 4) is 5.75 Å². The highest BCUT2D eigenvalue weighted by molar-refractivity contribution is 6.02. The van der Waals surface area contributed by atoms with Crippen LogP contribution < -0.4 is 15.4 Å². The van der Waals surface area contributed by atoms with Crippen molar-refractivity contribution in [2.24, 2.45) is 23.7 Å². The number of hydrogen-bond acceptors (Lipinski definition) is 6. The van der Waals surface area contributed by atoms with E-state index in [2.05, 4.69) is 10.6 Å². The molecule has 3 N–H and O–H groups in total. The number of fused-ring (bicyclic) bond motifs is 1. The number of carbonyl (C=O) groups excluding carboxylic acids is 3. The fraction of sp³-hybridized carbons (Fsp3) is 0.719. The van der Waals surface area contributed by atoms with Crippen molar-refractivity contribution in [1.82, 2.24) is 10.2 Å². The zero-order valence-electron chi connectivity index (χ0n) is 25.2. The van der Waals surface area contributed by atoms with Gasteiger partial charge in [0, 0.05) is 11.7 Å². The summed E-state index contributed by atoms with van der Waals surface area (Å²) in [5.74, 6) is -1.51. The van der Waals surface area contributed by atoms with E-state index in [0.717, 1.165) is 32.1 Å². The molecule has 7 atom stereocenters. The molecule has 1 aliphatic carbocycles. The van der Waals surface area contributed by atoms with Crippen LogP contribution in [0.3, 0.4) is 0 Å². The molecule has 1 spiro atoms. The Morgan fingerprint density at radius 2 is 1.83 bits per heavy atom. The van der Waals surface area contributed by atoms with Gasteiger partial charge in [0.05, 0.1) is 36.7 Å². The first-order chi connectivity index (χ1) is 19.6. The van der Waals surface area contributed by atoms with Gasteiger partial charge in [0.2, 0.25) is 17.7 Å². The molecule has 3 amide bonds. The van der Waals surface area contributed by atoms with Crippen LogP contribution in [0.1, 0.15) is 79.6 Å². The van der Waals surface area contributed by atoms with Crippen molar-refractivity contribution in [3.63, 3.8) is 0 Å². The second kappa shape index (κ2) is 11.6. The zero-order valence-corrected chi connectivity index (χ0v) is 25.2. The monoisotopic (exact) mass is 569 g/mol. The molecule has 3 aliphatic heterocycles. The third kappa shape index (κ3) is 5.13. The zero-order chi connectivity index (χ0) is 29.5. The van der Waals surface area contributed by atoms with E-state index in [1.54, 1.807) is 29.2 Å². The van der Waals surface area contributed by atoms with Crippen molar-refractivity contribution in [1.29, 1.82) is 0 Å². The highest BCUT2D eigenvalue weighted by atomic mass is 16.5. The maximum atomic E-state index is 14.5. The van der Waals surface area contributed by atoms with Crippen LogP contribution in [0.25, 0.3) is 0 Å². The van der Waals surface area contributed by atoms with Gasteiger partial charge in [-0.15, -0.1) is 0 Å². The van der Waals surface area contributed by atoms with Gasteiger partial charge >= 0.3 is 0 Å². The minimum Gasteiger partial charge on any atom is -0.494 e. The molecule has 2 bridgehead atoms. The molecular weight excluding hydrogens is 522 g/mol. The summed E-state index contributed by atoms with van der Waals surface area (Å²) in [7, 11) is 0. The molecule has 0 radical (unpaired) electrons. The molecule has 226 valence electrons. The first kappa shape index (κ1) is 29.8. The number of carbonyl (C=O) groups is 3. The molecular formula is C32H47N3O6. The van der Waals surface area contributed by atoms with Crippen molar-refractivity contribution in [2.45, 2.75) is 109 Å². The summed E-state index contributed by atoms with van der Waals surface area (Å²) in [6.45, 7) is 10.2. The number of ether oxygens (including phenoxy) is 2. The van der Waals surface area contributed by atoms with Crippen LogP contribution in [0.5, 0.6) is 5.75 Å². The molecule has 3 unspecified atom stereocenters. The highest BCUT2D eigenvalue weighted by Gasteiger charge is 2.80. The van der Waals surface area contributed by atoms with E-state index in [4.69, 9.17) is 9.47 Å².